The van der Waals surface area contributed by atoms with E-state index in [0.717, 1.165) is 10.8 Å². The van der Waals surface area contributed by atoms with E-state index in [4.69, 9.17) is 0 Å². The van der Waals surface area contributed by atoms with Crippen LogP contribution in [0.4, 0.5) is 4.39 Å². The highest BCUT2D eigenvalue weighted by molar-refractivity contribution is 5.36. The van der Waals surface area contributed by atoms with Crippen molar-refractivity contribution < 1.29 is 13.9 Å². The molecule has 1 rings (SSSR count). The highest BCUT2D eigenvalue weighted by Gasteiger charge is 2.02. The first-order chi connectivity index (χ1) is 6.65. The third-order valence-electron chi connectivity index (χ3n) is 1.49. The molecule has 0 amide bonds. The van der Waals surface area contributed by atoms with Gasteiger partial charge in [-0.25, -0.2) is 4.79 Å². The number of hydrogen-bond donors (Lipinski definition) is 1. The first kappa shape index (κ1) is 10.2. The van der Waals surface area contributed by atoms with Gasteiger partial charge in [-0.1, -0.05) is 0 Å². The number of H-pyrrole nitrogens is 1. The molecule has 0 atom stereocenters. The fourth-order valence-corrected chi connectivity index (χ4v) is 0.848. The summed E-state index contributed by atoms with van der Waals surface area (Å²) in [5.74, 6) is -1.06. The smallest absolute Gasteiger partial charge is 0.328 e. The fourth-order valence-electron chi connectivity index (χ4n) is 0.848. The van der Waals surface area contributed by atoms with Gasteiger partial charge in [-0.15, -0.1) is 0 Å². The Morgan fingerprint density at radius 2 is 2.29 bits per heavy atom. The second-order valence-electron chi connectivity index (χ2n) is 2.40. The summed E-state index contributed by atoms with van der Waals surface area (Å²) in [6.45, 7) is 0.146. The third-order valence-corrected chi connectivity index (χ3v) is 1.49. The van der Waals surface area contributed by atoms with Crippen molar-refractivity contribution in [2.75, 3.05) is 6.61 Å². The quantitative estimate of drug-likeness (QED) is 0.493. The van der Waals surface area contributed by atoms with E-state index in [0.29, 0.717) is 0 Å². The van der Waals surface area contributed by atoms with Gasteiger partial charge in [0.2, 0.25) is 5.82 Å². The predicted molar refractivity (Wildman–Crippen MR) is 43.3 cm³/mol. The van der Waals surface area contributed by atoms with Crippen LogP contribution >= 0.6 is 0 Å². The zero-order chi connectivity index (χ0) is 10.6. The maximum Gasteiger partial charge on any atom is 0.328 e. The monoisotopic (exact) mass is 202 g/mol. The molecule has 1 aromatic heterocycles. The van der Waals surface area contributed by atoms with Crippen molar-refractivity contribution in [1.82, 2.24) is 9.55 Å². The van der Waals surface area contributed by atoms with Crippen LogP contribution < -0.4 is 11.2 Å². The standard InChI is InChI=1S/C7H7FN2O4/c8-5-3-10(1-2-14-4-11)7(13)9-6(5)12/h3-4H,1-2H2,(H,9,12,13). The first-order valence-corrected chi connectivity index (χ1v) is 3.69. The van der Waals surface area contributed by atoms with Crippen LogP contribution in [0, 0.1) is 5.82 Å². The average Bonchev–Trinajstić information content (AvgIpc) is 2.14. The molecule has 0 bridgehead atoms. The van der Waals surface area contributed by atoms with Crippen molar-refractivity contribution >= 4 is 6.47 Å². The minimum Gasteiger partial charge on any atom is -0.466 e. The number of carbonyl (C=O) groups is 1. The Labute approximate surface area is 76.9 Å². The molecule has 0 aromatic carbocycles. The summed E-state index contributed by atoms with van der Waals surface area (Å²) in [5, 5.41) is 0. The van der Waals surface area contributed by atoms with E-state index in [1.54, 1.807) is 4.98 Å². The first-order valence-electron chi connectivity index (χ1n) is 3.69. The fraction of sp³-hybridized carbons (Fsp3) is 0.286. The zero-order valence-electron chi connectivity index (χ0n) is 7.03. The Morgan fingerprint density at radius 1 is 1.57 bits per heavy atom. The second-order valence-corrected chi connectivity index (χ2v) is 2.40. The van der Waals surface area contributed by atoms with E-state index in [1.807, 2.05) is 0 Å². The maximum absolute atomic E-state index is 12.7. The van der Waals surface area contributed by atoms with Gasteiger partial charge in [-0.2, -0.15) is 4.39 Å². The highest BCUT2D eigenvalue weighted by Crippen LogP contribution is 1.84. The van der Waals surface area contributed by atoms with Crippen LogP contribution in [-0.2, 0) is 16.1 Å². The second kappa shape index (κ2) is 4.35. The lowest BCUT2D eigenvalue weighted by Gasteiger charge is -2.02. The van der Waals surface area contributed by atoms with Crippen molar-refractivity contribution in [2.24, 2.45) is 0 Å². The summed E-state index contributed by atoms with van der Waals surface area (Å²) in [4.78, 5) is 33.1. The predicted octanol–water partition coefficient (Wildman–Crippen LogP) is -1.15. The number of nitrogens with zero attached hydrogens (tertiary/aromatic N) is 1. The molecular formula is C7H7FN2O4. The van der Waals surface area contributed by atoms with Crippen molar-refractivity contribution in [3.8, 4) is 0 Å². The van der Waals surface area contributed by atoms with Crippen molar-refractivity contribution in [3.63, 3.8) is 0 Å². The van der Waals surface area contributed by atoms with Crippen LogP contribution in [0.15, 0.2) is 15.8 Å². The molecule has 1 heterocycles. The number of carbonyl (C=O) groups excluding carboxylic acids is 1. The van der Waals surface area contributed by atoms with Gasteiger partial charge in [-0.3, -0.25) is 19.1 Å². The van der Waals surface area contributed by atoms with E-state index in [9.17, 15) is 18.8 Å². The van der Waals surface area contributed by atoms with Crippen molar-refractivity contribution in [3.05, 3.63) is 32.9 Å². The highest BCUT2D eigenvalue weighted by atomic mass is 19.1. The molecule has 7 heteroatoms. The van der Waals surface area contributed by atoms with Crippen LogP contribution in [0.2, 0.25) is 0 Å². The molecule has 0 fully saturated rings. The largest absolute Gasteiger partial charge is 0.466 e. The summed E-state index contributed by atoms with van der Waals surface area (Å²) in [6, 6.07) is 0. The molecule has 0 radical (unpaired) electrons. The Bertz CT molecular complexity index is 436. The molecule has 0 aliphatic heterocycles. The van der Waals surface area contributed by atoms with Gasteiger partial charge in [0.15, 0.2) is 0 Å². The number of aromatic amines is 1. The molecular weight excluding hydrogens is 195 g/mol. The lowest BCUT2D eigenvalue weighted by atomic mass is 10.5. The number of nitrogens with one attached hydrogen (secondary N) is 1. The number of rotatable bonds is 4. The molecule has 1 aromatic rings. The Morgan fingerprint density at radius 3 is 2.93 bits per heavy atom. The summed E-state index contributed by atoms with van der Waals surface area (Å²) >= 11 is 0. The molecule has 0 unspecified atom stereocenters. The molecule has 0 aliphatic rings. The minimum absolute atomic E-state index is 0.00866. The van der Waals surface area contributed by atoms with E-state index < -0.39 is 17.1 Å². The van der Waals surface area contributed by atoms with Crippen LogP contribution in [0.1, 0.15) is 0 Å². The van der Waals surface area contributed by atoms with Gasteiger partial charge in [0.25, 0.3) is 12.0 Å². The lowest BCUT2D eigenvalue weighted by molar-refractivity contribution is -0.128. The van der Waals surface area contributed by atoms with E-state index in [2.05, 4.69) is 4.74 Å². The van der Waals surface area contributed by atoms with Gasteiger partial charge >= 0.3 is 5.69 Å². The van der Waals surface area contributed by atoms with Crippen LogP contribution in [0.25, 0.3) is 0 Å². The zero-order valence-corrected chi connectivity index (χ0v) is 7.03. The Hall–Kier alpha value is -1.92. The van der Waals surface area contributed by atoms with Gasteiger partial charge in [0.05, 0.1) is 12.7 Å². The SMILES string of the molecule is O=COCCn1cc(F)c(=O)[nH]c1=O. The van der Waals surface area contributed by atoms with Gasteiger partial charge in [-0.05, 0) is 0 Å². The Kier molecular flexibility index (Phi) is 3.16. The summed E-state index contributed by atoms with van der Waals surface area (Å²) in [5.41, 5.74) is -1.81. The van der Waals surface area contributed by atoms with Crippen LogP contribution in [-0.4, -0.2) is 22.6 Å². The Balaban J connectivity index is 2.87. The minimum atomic E-state index is -1.07. The molecule has 14 heavy (non-hydrogen) atoms. The summed E-state index contributed by atoms with van der Waals surface area (Å²) in [6.07, 6.45) is 0.759. The van der Waals surface area contributed by atoms with E-state index in [1.165, 1.54) is 0 Å². The van der Waals surface area contributed by atoms with Crippen molar-refractivity contribution in [2.45, 2.75) is 6.54 Å². The van der Waals surface area contributed by atoms with E-state index >= 15 is 0 Å². The topological polar surface area (TPSA) is 81.2 Å². The molecule has 0 aliphatic carbocycles. The lowest BCUT2D eigenvalue weighted by Crippen LogP contribution is -2.32. The van der Waals surface area contributed by atoms with E-state index in [-0.39, 0.29) is 19.6 Å². The maximum atomic E-state index is 12.7. The van der Waals surface area contributed by atoms with Gasteiger partial charge < -0.3 is 4.74 Å². The molecule has 76 valence electrons. The van der Waals surface area contributed by atoms with Crippen LogP contribution in [0.3, 0.4) is 0 Å². The summed E-state index contributed by atoms with van der Waals surface area (Å²) < 4.78 is 17.9. The van der Waals surface area contributed by atoms with Gasteiger partial charge in [0.1, 0.15) is 6.61 Å². The molecule has 0 saturated heterocycles. The number of aromatic nitrogens is 2. The third kappa shape index (κ3) is 2.28. The average molecular weight is 202 g/mol. The molecule has 6 nitrogen and oxygen atoms in total. The normalized spacial score (nSPS) is 9.79. The molecule has 1 N–H and O–H groups in total. The molecule has 0 spiro atoms. The number of hydrogen-bond acceptors (Lipinski definition) is 4. The van der Waals surface area contributed by atoms with Gasteiger partial charge in [0, 0.05) is 0 Å². The number of halogens is 1. The number of ether oxygens (including phenoxy) is 1. The summed E-state index contributed by atoms with van der Waals surface area (Å²) in [7, 11) is 0. The molecule has 0 saturated carbocycles. The van der Waals surface area contributed by atoms with Crippen LogP contribution in [0.5, 0.6) is 0 Å². The van der Waals surface area contributed by atoms with Crippen molar-refractivity contribution in [1.29, 1.82) is 0 Å².